The first-order valence-electron chi connectivity index (χ1n) is 9.28. The molecule has 4 saturated carbocycles. The lowest BCUT2D eigenvalue weighted by molar-refractivity contribution is -0.140. The van der Waals surface area contributed by atoms with Crippen molar-refractivity contribution < 1.29 is 4.79 Å². The molecule has 5 heteroatoms. The molecule has 25 heavy (non-hydrogen) atoms. The number of nitrogens with zero attached hydrogens (tertiary/aromatic N) is 1. The number of anilines is 1. The molecule has 0 saturated heterocycles. The summed E-state index contributed by atoms with van der Waals surface area (Å²) in [5, 5.41) is 3.22. The van der Waals surface area contributed by atoms with Gasteiger partial charge in [-0.2, -0.15) is 0 Å². The van der Waals surface area contributed by atoms with Crippen LogP contribution in [0, 0.1) is 30.1 Å². The number of amidine groups is 1. The summed E-state index contributed by atoms with van der Waals surface area (Å²) in [5.74, 6) is 3.07. The molecule has 4 aliphatic carbocycles. The Bertz CT molecular complexity index is 692. The highest BCUT2D eigenvalue weighted by Crippen LogP contribution is 2.60. The van der Waals surface area contributed by atoms with Crippen LogP contribution < -0.4 is 11.1 Å². The number of carbonyl (C=O) groups is 1. The first kappa shape index (κ1) is 16.9. The summed E-state index contributed by atoms with van der Waals surface area (Å²) in [5.41, 5.74) is 8.19. The monoisotopic (exact) mass is 359 g/mol. The summed E-state index contributed by atoms with van der Waals surface area (Å²) < 4.78 is 0. The summed E-state index contributed by atoms with van der Waals surface area (Å²) in [4.78, 5) is 17.5. The Balaban J connectivity index is 1.56. The number of nitrogens with two attached hydrogens (primary N) is 1. The van der Waals surface area contributed by atoms with Crippen molar-refractivity contribution in [1.29, 1.82) is 0 Å². The second-order valence-corrected chi connectivity index (χ2v) is 8.66. The van der Waals surface area contributed by atoms with Gasteiger partial charge in [0.05, 0.1) is 17.0 Å². The van der Waals surface area contributed by atoms with Gasteiger partial charge in [-0.3, -0.25) is 4.79 Å². The molecule has 1 aromatic rings. The zero-order valence-corrected chi connectivity index (χ0v) is 15.5. The fourth-order valence-corrected chi connectivity index (χ4v) is 5.71. The fraction of sp³-hybridized carbons (Fsp3) is 0.600. The second-order valence-electron chi connectivity index (χ2n) is 8.39. The lowest BCUT2D eigenvalue weighted by Crippen LogP contribution is -2.51. The smallest absolute Gasteiger partial charge is 0.230 e. The van der Waals surface area contributed by atoms with Crippen molar-refractivity contribution in [2.24, 2.45) is 33.9 Å². The van der Waals surface area contributed by atoms with Gasteiger partial charge in [-0.1, -0.05) is 6.07 Å². The number of amides is 1. The zero-order valence-electron chi connectivity index (χ0n) is 14.7. The maximum Gasteiger partial charge on any atom is 0.230 e. The number of hydrogen-bond donors (Lipinski definition) is 2. The molecule has 4 nitrogen and oxygen atoms in total. The third-order valence-electron chi connectivity index (χ3n) is 6.40. The number of benzene rings is 1. The number of carbonyl (C=O) groups excluding carboxylic acids is 1. The Morgan fingerprint density at radius 2 is 1.84 bits per heavy atom. The first-order chi connectivity index (χ1) is 12.0. The summed E-state index contributed by atoms with van der Waals surface area (Å²) >= 11 is 5.71. The Kier molecular flexibility index (Phi) is 4.27. The molecule has 0 spiro atoms. The molecule has 0 radical (unpaired) electrons. The van der Waals surface area contributed by atoms with Crippen LogP contribution in [0.1, 0.15) is 44.1 Å². The van der Waals surface area contributed by atoms with Gasteiger partial charge in [-0.05, 0) is 80.9 Å². The van der Waals surface area contributed by atoms with Crippen LogP contribution in [0.25, 0.3) is 0 Å². The van der Waals surface area contributed by atoms with E-state index in [2.05, 4.69) is 10.3 Å². The molecule has 0 aromatic heterocycles. The molecule has 0 unspecified atom stereocenters. The molecule has 4 fully saturated rings. The molecule has 3 N–H and O–H groups in total. The molecule has 0 aliphatic heterocycles. The molecule has 0 atom stereocenters. The Labute approximate surface area is 154 Å². The molecule has 5 rings (SSSR count). The van der Waals surface area contributed by atoms with E-state index in [1.54, 1.807) is 0 Å². The van der Waals surface area contributed by atoms with Crippen molar-refractivity contribution in [3.05, 3.63) is 23.8 Å². The number of aryl methyl sites for hydroxylation is 1. The quantitative estimate of drug-likeness (QED) is 0.476. The van der Waals surface area contributed by atoms with Crippen molar-refractivity contribution in [1.82, 2.24) is 0 Å². The minimum absolute atomic E-state index is 0.143. The summed E-state index contributed by atoms with van der Waals surface area (Å²) in [7, 11) is 0. The van der Waals surface area contributed by atoms with E-state index in [9.17, 15) is 4.79 Å². The van der Waals surface area contributed by atoms with E-state index in [0.29, 0.717) is 5.84 Å². The van der Waals surface area contributed by atoms with Gasteiger partial charge in [0.1, 0.15) is 5.84 Å². The lowest BCUT2D eigenvalue weighted by Gasteiger charge is -2.55. The third-order valence-corrected chi connectivity index (χ3v) is 6.67. The van der Waals surface area contributed by atoms with Crippen molar-refractivity contribution in [3.63, 3.8) is 0 Å². The highest BCUT2D eigenvalue weighted by Gasteiger charge is 2.54. The third kappa shape index (κ3) is 3.17. The average molecular weight is 360 g/mol. The minimum Gasteiger partial charge on any atom is -0.386 e. The van der Waals surface area contributed by atoms with Crippen LogP contribution in [0.3, 0.4) is 0 Å². The molecule has 1 aromatic carbocycles. The van der Waals surface area contributed by atoms with Crippen molar-refractivity contribution in [3.8, 4) is 0 Å². The van der Waals surface area contributed by atoms with E-state index in [4.69, 9.17) is 17.3 Å². The van der Waals surface area contributed by atoms with Gasteiger partial charge in [0.15, 0.2) is 0 Å². The predicted octanol–water partition coefficient (Wildman–Crippen LogP) is 4.38. The Hall–Kier alpha value is -1.55. The molecule has 134 valence electrons. The van der Waals surface area contributed by atoms with E-state index in [1.807, 2.05) is 25.1 Å². The van der Waals surface area contributed by atoms with Gasteiger partial charge in [-0.15, -0.1) is 11.6 Å². The summed E-state index contributed by atoms with van der Waals surface area (Å²) in [6.45, 7) is 2.01. The van der Waals surface area contributed by atoms with E-state index in [0.717, 1.165) is 54.0 Å². The van der Waals surface area contributed by atoms with E-state index in [1.165, 1.54) is 19.3 Å². The molecule has 4 bridgehead atoms. The van der Waals surface area contributed by atoms with Crippen LogP contribution in [0.2, 0.25) is 0 Å². The second kappa shape index (κ2) is 6.31. The average Bonchev–Trinajstić information content (AvgIpc) is 2.56. The highest BCUT2D eigenvalue weighted by molar-refractivity contribution is 6.28. The number of aliphatic imine (C=N–C) groups is 1. The molecular weight excluding hydrogens is 334 g/mol. The largest absolute Gasteiger partial charge is 0.386 e. The number of halogens is 1. The SMILES string of the molecule is Cc1ccc(N=C(N)CCl)cc1NC(=O)C12CC3CC(CC(C3)C1)C2. The van der Waals surface area contributed by atoms with Crippen molar-refractivity contribution in [2.45, 2.75) is 45.4 Å². The van der Waals surface area contributed by atoms with Crippen LogP contribution in [0.15, 0.2) is 23.2 Å². The van der Waals surface area contributed by atoms with Gasteiger partial charge >= 0.3 is 0 Å². The zero-order chi connectivity index (χ0) is 17.6. The molecule has 4 aliphatic rings. The van der Waals surface area contributed by atoms with E-state index < -0.39 is 0 Å². The maximum atomic E-state index is 13.2. The predicted molar refractivity (Wildman–Crippen MR) is 102 cm³/mol. The van der Waals surface area contributed by atoms with E-state index >= 15 is 0 Å². The van der Waals surface area contributed by atoms with Crippen molar-refractivity contribution in [2.75, 3.05) is 11.2 Å². The fourth-order valence-electron chi connectivity index (χ4n) is 5.65. The van der Waals surface area contributed by atoms with Crippen LogP contribution in [-0.2, 0) is 4.79 Å². The number of nitrogens with one attached hydrogen (secondary N) is 1. The first-order valence-corrected chi connectivity index (χ1v) is 9.82. The van der Waals surface area contributed by atoms with Gasteiger partial charge in [0.25, 0.3) is 0 Å². The van der Waals surface area contributed by atoms with E-state index in [-0.39, 0.29) is 17.2 Å². The standard InChI is InChI=1S/C20H26ClN3O/c1-12-2-3-16(23-18(22)11-21)7-17(12)24-19(25)20-8-13-4-14(9-20)6-15(5-13)10-20/h2-3,7,13-15H,4-6,8-11H2,1H3,(H2,22,23)(H,24,25). The maximum absolute atomic E-state index is 13.2. The minimum atomic E-state index is -0.143. The Morgan fingerprint density at radius 1 is 1.24 bits per heavy atom. The highest BCUT2D eigenvalue weighted by atomic mass is 35.5. The van der Waals surface area contributed by atoms with Crippen LogP contribution in [-0.4, -0.2) is 17.6 Å². The number of rotatable bonds is 4. The summed E-state index contributed by atoms with van der Waals surface area (Å²) in [6, 6.07) is 5.76. The molecule has 0 heterocycles. The van der Waals surface area contributed by atoms with Gasteiger partial charge in [-0.25, -0.2) is 4.99 Å². The summed E-state index contributed by atoms with van der Waals surface area (Å²) in [6.07, 6.45) is 7.23. The van der Waals surface area contributed by atoms with Crippen LogP contribution >= 0.6 is 11.6 Å². The normalized spacial score (nSPS) is 33.5. The Morgan fingerprint density at radius 3 is 2.40 bits per heavy atom. The lowest BCUT2D eigenvalue weighted by atomic mass is 9.49. The number of hydrogen-bond acceptors (Lipinski definition) is 2. The van der Waals surface area contributed by atoms with Gasteiger partial charge < -0.3 is 11.1 Å². The molecular formula is C20H26ClN3O. The topological polar surface area (TPSA) is 67.5 Å². The van der Waals surface area contributed by atoms with Crippen LogP contribution in [0.4, 0.5) is 11.4 Å². The van der Waals surface area contributed by atoms with Gasteiger partial charge in [0, 0.05) is 5.69 Å². The van der Waals surface area contributed by atoms with Crippen LogP contribution in [0.5, 0.6) is 0 Å². The van der Waals surface area contributed by atoms with Gasteiger partial charge in [0.2, 0.25) is 5.91 Å². The molecule has 1 amide bonds. The number of alkyl halides is 1. The van der Waals surface area contributed by atoms with Crippen molar-refractivity contribution >= 4 is 34.7 Å².